The van der Waals surface area contributed by atoms with E-state index >= 15 is 0 Å². The number of hydrogen-bond acceptors (Lipinski definition) is 4. The van der Waals surface area contributed by atoms with Gasteiger partial charge < -0.3 is 20.8 Å². The molecular weight excluding hydrogens is 492 g/mol. The molecule has 0 radical (unpaired) electrons. The summed E-state index contributed by atoms with van der Waals surface area (Å²) in [6.07, 6.45) is 11.6. The molecule has 0 heterocycles. The molecule has 0 saturated heterocycles. The van der Waals surface area contributed by atoms with E-state index in [1.165, 1.54) is 36.8 Å². The molecule has 0 spiro atoms. The van der Waals surface area contributed by atoms with Crippen LogP contribution >= 0.6 is 0 Å². The highest BCUT2D eigenvalue weighted by molar-refractivity contribution is 5.20. The summed E-state index contributed by atoms with van der Waals surface area (Å²) in [5.74, 6) is 4.36. The minimum atomic E-state index is -0.315. The van der Waals surface area contributed by atoms with Gasteiger partial charge in [-0.25, -0.2) is 0 Å². The van der Waals surface area contributed by atoms with Gasteiger partial charge in [-0.15, -0.1) is 0 Å². The van der Waals surface area contributed by atoms with Gasteiger partial charge >= 0.3 is 0 Å². The van der Waals surface area contributed by atoms with Crippen LogP contribution in [0.2, 0.25) is 0 Å². The summed E-state index contributed by atoms with van der Waals surface area (Å²) in [6, 6.07) is 23.5. The zero-order valence-electron chi connectivity index (χ0n) is 24.5. The number of rotatable bonds is 6. The third kappa shape index (κ3) is 5.30. The predicted octanol–water partition coefficient (Wildman–Crippen LogP) is 6.55. The highest BCUT2D eigenvalue weighted by atomic mass is 16.3. The second kappa shape index (κ2) is 10.5. The van der Waals surface area contributed by atoms with Crippen LogP contribution in [0, 0.1) is 35.5 Å². The van der Waals surface area contributed by atoms with Crippen LogP contribution in [0.4, 0.5) is 0 Å². The summed E-state index contributed by atoms with van der Waals surface area (Å²) in [7, 11) is 0. The molecule has 2 aromatic carbocycles. The molecule has 0 amide bonds. The Morgan fingerprint density at radius 1 is 0.550 bits per heavy atom. The van der Waals surface area contributed by atoms with Gasteiger partial charge in [-0.2, -0.15) is 0 Å². The van der Waals surface area contributed by atoms with Gasteiger partial charge in [-0.1, -0.05) is 60.7 Å². The molecule has 4 unspecified atom stereocenters. The van der Waals surface area contributed by atoms with Crippen molar-refractivity contribution in [1.82, 2.24) is 10.6 Å². The number of nitrogens with one attached hydrogen (secondary N) is 2. The number of aliphatic hydroxyl groups is 2. The average Bonchev–Trinajstić information content (AvgIpc) is 2.92. The van der Waals surface area contributed by atoms with Crippen molar-refractivity contribution in [2.24, 2.45) is 35.5 Å². The number of hydrogen-bond donors (Lipinski definition) is 4. The van der Waals surface area contributed by atoms with Crippen molar-refractivity contribution >= 4 is 0 Å². The lowest BCUT2D eigenvalue weighted by atomic mass is 9.52. The molecule has 0 aliphatic heterocycles. The van der Waals surface area contributed by atoms with E-state index in [2.05, 4.69) is 85.1 Å². The molecule has 8 saturated carbocycles. The van der Waals surface area contributed by atoms with Crippen molar-refractivity contribution in [2.75, 3.05) is 0 Å². The van der Waals surface area contributed by atoms with Gasteiger partial charge in [0, 0.05) is 24.2 Å². The maximum atomic E-state index is 10.6. The maximum Gasteiger partial charge on any atom is 0.0657 e. The monoisotopic (exact) mass is 542 g/mol. The Morgan fingerprint density at radius 3 is 1.18 bits per heavy atom. The molecule has 4 heteroatoms. The van der Waals surface area contributed by atoms with Crippen LogP contribution < -0.4 is 10.6 Å². The lowest BCUT2D eigenvalue weighted by Crippen LogP contribution is -2.61. The minimum Gasteiger partial charge on any atom is -0.390 e. The van der Waals surface area contributed by atoms with E-state index in [0.29, 0.717) is 47.8 Å². The fraction of sp³-hybridized carbons (Fsp3) is 0.667. The predicted molar refractivity (Wildman–Crippen MR) is 161 cm³/mol. The van der Waals surface area contributed by atoms with E-state index in [1.54, 1.807) is 0 Å². The SMILES string of the molecule is C[C@H](NC1C2CC3CC1CC(O)(C3)C2)c1ccccc1.C[C@H](NC1C2CC3CC1CC(O)(C3)C2)c1ccccc1. The molecule has 8 aliphatic rings. The summed E-state index contributed by atoms with van der Waals surface area (Å²) in [6.45, 7) is 4.55. The zero-order chi connectivity index (χ0) is 27.5. The first-order valence-corrected chi connectivity index (χ1v) is 16.3. The lowest BCUT2D eigenvalue weighted by Gasteiger charge is -2.58. The van der Waals surface area contributed by atoms with E-state index in [1.807, 2.05) is 0 Å². The zero-order valence-corrected chi connectivity index (χ0v) is 24.5. The van der Waals surface area contributed by atoms with Crippen LogP contribution in [0.5, 0.6) is 0 Å². The van der Waals surface area contributed by atoms with E-state index in [4.69, 9.17) is 0 Å². The first-order valence-electron chi connectivity index (χ1n) is 16.3. The Kier molecular flexibility index (Phi) is 7.14. The third-order valence-electron chi connectivity index (χ3n) is 12.0. The van der Waals surface area contributed by atoms with Gasteiger partial charge in [-0.05, 0) is 125 Å². The average molecular weight is 543 g/mol. The minimum absolute atomic E-state index is 0.315. The Bertz CT molecular complexity index is 1030. The molecule has 6 atom stereocenters. The molecule has 4 nitrogen and oxygen atoms in total. The van der Waals surface area contributed by atoms with Gasteiger partial charge in [0.05, 0.1) is 11.2 Å². The van der Waals surface area contributed by atoms with Crippen molar-refractivity contribution in [2.45, 2.75) is 113 Å². The van der Waals surface area contributed by atoms with E-state index in [-0.39, 0.29) is 11.2 Å². The van der Waals surface area contributed by atoms with Crippen LogP contribution in [0.3, 0.4) is 0 Å². The van der Waals surface area contributed by atoms with Crippen LogP contribution in [-0.4, -0.2) is 33.5 Å². The molecule has 8 aliphatic carbocycles. The Morgan fingerprint density at radius 2 is 0.875 bits per heavy atom. The highest BCUT2D eigenvalue weighted by Gasteiger charge is 2.55. The van der Waals surface area contributed by atoms with E-state index in [0.717, 1.165) is 50.4 Å². The van der Waals surface area contributed by atoms with Crippen molar-refractivity contribution in [3.05, 3.63) is 71.8 Å². The van der Waals surface area contributed by atoms with Crippen molar-refractivity contribution < 1.29 is 10.2 Å². The van der Waals surface area contributed by atoms with Gasteiger partial charge in [0.15, 0.2) is 0 Å². The fourth-order valence-corrected chi connectivity index (χ4v) is 10.8. The topological polar surface area (TPSA) is 64.5 Å². The lowest BCUT2D eigenvalue weighted by molar-refractivity contribution is -0.140. The third-order valence-corrected chi connectivity index (χ3v) is 12.0. The normalized spacial score (nSPS) is 43.7. The molecule has 40 heavy (non-hydrogen) atoms. The molecule has 216 valence electrons. The summed E-state index contributed by atoms with van der Waals surface area (Å²) in [4.78, 5) is 0. The molecule has 8 bridgehead atoms. The van der Waals surface area contributed by atoms with Gasteiger partial charge in [0.25, 0.3) is 0 Å². The summed E-state index contributed by atoms with van der Waals surface area (Å²) < 4.78 is 0. The van der Waals surface area contributed by atoms with E-state index in [9.17, 15) is 10.2 Å². The Balaban J connectivity index is 0.000000132. The molecule has 8 fully saturated rings. The summed E-state index contributed by atoms with van der Waals surface area (Å²) >= 11 is 0. The molecule has 4 N–H and O–H groups in total. The standard InChI is InChI=1S/2C18H25NO/c2*1-12(14-5-3-2-4-6-14)19-17-15-7-13-8-16(17)11-18(20,9-13)10-15/h2*2-6,12-13,15-17,19-20H,7-11H2,1H3/t2*12-,13?,15?,16?,17?,18?/m00/s1. The van der Waals surface area contributed by atoms with Gasteiger partial charge in [-0.3, -0.25) is 0 Å². The fourth-order valence-electron chi connectivity index (χ4n) is 10.8. The van der Waals surface area contributed by atoms with Crippen LogP contribution in [0.25, 0.3) is 0 Å². The molecular formula is C36H50N2O2. The maximum absolute atomic E-state index is 10.6. The quantitative estimate of drug-likeness (QED) is 0.334. The Labute approximate surface area is 241 Å². The summed E-state index contributed by atoms with van der Waals surface area (Å²) in [5.41, 5.74) is 2.12. The smallest absolute Gasteiger partial charge is 0.0657 e. The van der Waals surface area contributed by atoms with Gasteiger partial charge in [0.2, 0.25) is 0 Å². The van der Waals surface area contributed by atoms with Gasteiger partial charge in [0.1, 0.15) is 0 Å². The van der Waals surface area contributed by atoms with Crippen LogP contribution in [0.1, 0.15) is 101 Å². The van der Waals surface area contributed by atoms with E-state index < -0.39 is 0 Å². The van der Waals surface area contributed by atoms with Crippen molar-refractivity contribution in [3.8, 4) is 0 Å². The first-order chi connectivity index (χ1) is 19.3. The van der Waals surface area contributed by atoms with Crippen molar-refractivity contribution in [1.29, 1.82) is 0 Å². The second-order valence-electron chi connectivity index (χ2n) is 15.0. The van der Waals surface area contributed by atoms with Crippen LogP contribution in [-0.2, 0) is 0 Å². The largest absolute Gasteiger partial charge is 0.390 e. The first kappa shape index (κ1) is 27.1. The summed E-state index contributed by atoms with van der Waals surface area (Å²) in [5, 5.41) is 29.1. The highest BCUT2D eigenvalue weighted by Crippen LogP contribution is 2.57. The molecule has 0 aromatic heterocycles. The van der Waals surface area contributed by atoms with Crippen molar-refractivity contribution in [3.63, 3.8) is 0 Å². The Hall–Kier alpha value is -1.72. The molecule has 2 aromatic rings. The van der Waals surface area contributed by atoms with Crippen LogP contribution in [0.15, 0.2) is 60.7 Å². The molecule has 10 rings (SSSR count). The second-order valence-corrected chi connectivity index (χ2v) is 15.0. The number of benzene rings is 2.